The van der Waals surface area contributed by atoms with E-state index in [1.165, 1.54) is 6.92 Å². The molecule has 0 N–H and O–H groups in total. The van der Waals surface area contributed by atoms with Crippen LogP contribution in [0.1, 0.15) is 19.4 Å². The Labute approximate surface area is 83.3 Å². The maximum atomic E-state index is 10.7. The smallest absolute Gasteiger partial charge is 0.308 e. The lowest BCUT2D eigenvalue weighted by Crippen LogP contribution is -2.03. The van der Waals surface area contributed by atoms with Gasteiger partial charge < -0.3 is 4.74 Å². The first-order valence-corrected chi connectivity index (χ1v) is 4.58. The van der Waals surface area contributed by atoms with Crippen molar-refractivity contribution in [3.8, 4) is 5.75 Å². The predicted octanol–water partition coefficient (Wildman–Crippen LogP) is 2.46. The molecule has 0 unspecified atom stereocenters. The summed E-state index contributed by atoms with van der Waals surface area (Å²) in [5.41, 5.74) is 1.00. The van der Waals surface area contributed by atoms with E-state index in [0.29, 0.717) is 5.75 Å². The number of rotatable bonds is 2. The Hall–Kier alpha value is -0.960. The van der Waals surface area contributed by atoms with E-state index in [2.05, 4.69) is 12.6 Å². The van der Waals surface area contributed by atoms with Crippen molar-refractivity contribution in [3.63, 3.8) is 0 Å². The first kappa shape index (κ1) is 10.1. The van der Waals surface area contributed by atoms with Crippen LogP contribution in [0.3, 0.4) is 0 Å². The fourth-order valence-electron chi connectivity index (χ4n) is 1.10. The van der Waals surface area contributed by atoms with Gasteiger partial charge in [0.2, 0.25) is 0 Å². The predicted molar refractivity (Wildman–Crippen MR) is 54.4 cm³/mol. The highest BCUT2D eigenvalue weighted by atomic mass is 32.1. The number of ether oxygens (including phenoxy) is 1. The number of aryl methyl sites for hydroxylation is 1. The van der Waals surface area contributed by atoms with Crippen LogP contribution in [0.5, 0.6) is 5.75 Å². The number of esters is 1. The zero-order chi connectivity index (χ0) is 9.84. The Balaban J connectivity index is 2.99. The average molecular weight is 196 g/mol. The molecule has 1 aromatic carbocycles. The van der Waals surface area contributed by atoms with Crippen LogP contribution in [0, 0.1) is 0 Å². The van der Waals surface area contributed by atoms with E-state index in [4.69, 9.17) is 4.74 Å². The van der Waals surface area contributed by atoms with E-state index >= 15 is 0 Å². The standard InChI is InChI=1S/C10H12O2S/c1-3-8-6-9(13)4-5-10(8)12-7(2)11/h4-6,13H,3H2,1-2H3. The van der Waals surface area contributed by atoms with Gasteiger partial charge in [-0.05, 0) is 30.2 Å². The van der Waals surface area contributed by atoms with Gasteiger partial charge in [0.05, 0.1) is 0 Å². The summed E-state index contributed by atoms with van der Waals surface area (Å²) in [5.74, 6) is 0.342. The van der Waals surface area contributed by atoms with Gasteiger partial charge in [-0.25, -0.2) is 0 Å². The minimum atomic E-state index is -0.290. The first-order valence-electron chi connectivity index (χ1n) is 4.13. The summed E-state index contributed by atoms with van der Waals surface area (Å²) in [6, 6.07) is 5.48. The van der Waals surface area contributed by atoms with Crippen LogP contribution in [0.2, 0.25) is 0 Å². The van der Waals surface area contributed by atoms with Crippen molar-refractivity contribution < 1.29 is 9.53 Å². The number of thiol groups is 1. The van der Waals surface area contributed by atoms with Crippen LogP contribution < -0.4 is 4.74 Å². The second-order valence-electron chi connectivity index (χ2n) is 2.74. The summed E-state index contributed by atoms with van der Waals surface area (Å²) >= 11 is 4.21. The number of benzene rings is 1. The molecule has 2 nitrogen and oxygen atoms in total. The normalized spacial score (nSPS) is 9.77. The Bertz CT molecular complexity index is 321. The lowest BCUT2D eigenvalue weighted by Gasteiger charge is -2.07. The molecule has 1 aromatic rings. The van der Waals surface area contributed by atoms with E-state index in [1.807, 2.05) is 13.0 Å². The molecule has 13 heavy (non-hydrogen) atoms. The molecule has 0 aliphatic rings. The Morgan fingerprint density at radius 2 is 2.23 bits per heavy atom. The molecule has 0 heterocycles. The van der Waals surface area contributed by atoms with Gasteiger partial charge in [0, 0.05) is 11.8 Å². The summed E-state index contributed by atoms with van der Waals surface area (Å²) in [7, 11) is 0. The number of carbonyl (C=O) groups is 1. The number of carbonyl (C=O) groups excluding carboxylic acids is 1. The molecule has 0 aliphatic heterocycles. The molecule has 0 fully saturated rings. The third-order valence-corrected chi connectivity index (χ3v) is 1.96. The lowest BCUT2D eigenvalue weighted by molar-refractivity contribution is -0.131. The molecule has 0 radical (unpaired) electrons. The molecule has 0 spiro atoms. The molecule has 0 aromatic heterocycles. The molecule has 3 heteroatoms. The van der Waals surface area contributed by atoms with Crippen LogP contribution in [0.25, 0.3) is 0 Å². The van der Waals surface area contributed by atoms with E-state index in [0.717, 1.165) is 16.9 Å². The average Bonchev–Trinajstić information content (AvgIpc) is 2.07. The van der Waals surface area contributed by atoms with Crippen molar-refractivity contribution >= 4 is 18.6 Å². The molecule has 1 rings (SSSR count). The summed E-state index contributed by atoms with van der Waals surface area (Å²) in [4.78, 5) is 11.6. The molecule has 0 saturated carbocycles. The van der Waals surface area contributed by atoms with Gasteiger partial charge in [-0.15, -0.1) is 12.6 Å². The largest absolute Gasteiger partial charge is 0.426 e. The van der Waals surface area contributed by atoms with E-state index in [-0.39, 0.29) is 5.97 Å². The third-order valence-electron chi connectivity index (χ3n) is 1.68. The zero-order valence-electron chi connectivity index (χ0n) is 7.70. The third kappa shape index (κ3) is 2.77. The van der Waals surface area contributed by atoms with Gasteiger partial charge in [0.25, 0.3) is 0 Å². The maximum Gasteiger partial charge on any atom is 0.308 e. The topological polar surface area (TPSA) is 26.3 Å². The van der Waals surface area contributed by atoms with Gasteiger partial charge >= 0.3 is 5.97 Å². The van der Waals surface area contributed by atoms with Crippen molar-refractivity contribution in [2.45, 2.75) is 25.2 Å². The quantitative estimate of drug-likeness (QED) is 0.447. The highest BCUT2D eigenvalue weighted by Gasteiger charge is 2.04. The fourth-order valence-corrected chi connectivity index (χ4v) is 1.33. The summed E-state index contributed by atoms with van der Waals surface area (Å²) in [6.45, 7) is 3.41. The van der Waals surface area contributed by atoms with Crippen molar-refractivity contribution in [3.05, 3.63) is 23.8 Å². The number of hydrogen-bond donors (Lipinski definition) is 1. The highest BCUT2D eigenvalue weighted by Crippen LogP contribution is 2.22. The summed E-state index contributed by atoms with van der Waals surface area (Å²) < 4.78 is 5.02. The van der Waals surface area contributed by atoms with Crippen LogP contribution in [-0.4, -0.2) is 5.97 Å². The molecule has 0 amide bonds. The Morgan fingerprint density at radius 1 is 1.54 bits per heavy atom. The van der Waals surface area contributed by atoms with Crippen molar-refractivity contribution in [2.75, 3.05) is 0 Å². The molecule has 0 bridgehead atoms. The minimum Gasteiger partial charge on any atom is -0.426 e. The van der Waals surface area contributed by atoms with E-state index in [1.54, 1.807) is 12.1 Å². The SMILES string of the molecule is CCc1cc(S)ccc1OC(C)=O. The van der Waals surface area contributed by atoms with Crippen LogP contribution in [-0.2, 0) is 11.2 Å². The van der Waals surface area contributed by atoms with Crippen LogP contribution >= 0.6 is 12.6 Å². The molecular weight excluding hydrogens is 184 g/mol. The summed E-state index contributed by atoms with van der Waals surface area (Å²) in [5, 5.41) is 0. The second-order valence-corrected chi connectivity index (χ2v) is 3.26. The molecule has 70 valence electrons. The van der Waals surface area contributed by atoms with Crippen LogP contribution in [0.15, 0.2) is 23.1 Å². The molecular formula is C10H12O2S. The Morgan fingerprint density at radius 3 is 2.77 bits per heavy atom. The minimum absolute atomic E-state index is 0.290. The zero-order valence-corrected chi connectivity index (χ0v) is 8.60. The van der Waals surface area contributed by atoms with E-state index in [9.17, 15) is 4.79 Å². The van der Waals surface area contributed by atoms with Crippen LogP contribution in [0.4, 0.5) is 0 Å². The van der Waals surface area contributed by atoms with Gasteiger partial charge in [0.15, 0.2) is 0 Å². The van der Waals surface area contributed by atoms with Gasteiger partial charge in [-0.2, -0.15) is 0 Å². The van der Waals surface area contributed by atoms with Crippen molar-refractivity contribution in [1.82, 2.24) is 0 Å². The highest BCUT2D eigenvalue weighted by molar-refractivity contribution is 7.80. The van der Waals surface area contributed by atoms with Crippen molar-refractivity contribution in [1.29, 1.82) is 0 Å². The lowest BCUT2D eigenvalue weighted by atomic mass is 10.1. The Kier molecular flexibility index (Phi) is 3.37. The van der Waals surface area contributed by atoms with E-state index < -0.39 is 0 Å². The second kappa shape index (κ2) is 4.33. The molecule has 0 atom stereocenters. The van der Waals surface area contributed by atoms with Gasteiger partial charge in [-0.3, -0.25) is 4.79 Å². The fraction of sp³-hybridized carbons (Fsp3) is 0.300. The van der Waals surface area contributed by atoms with Gasteiger partial charge in [-0.1, -0.05) is 6.92 Å². The maximum absolute atomic E-state index is 10.7. The van der Waals surface area contributed by atoms with Gasteiger partial charge in [0.1, 0.15) is 5.75 Å². The first-order chi connectivity index (χ1) is 6.13. The molecule has 0 aliphatic carbocycles. The summed E-state index contributed by atoms with van der Waals surface area (Å²) in [6.07, 6.45) is 0.830. The number of hydrogen-bond acceptors (Lipinski definition) is 3. The van der Waals surface area contributed by atoms with Crippen molar-refractivity contribution in [2.24, 2.45) is 0 Å². The molecule has 0 saturated heterocycles. The monoisotopic (exact) mass is 196 g/mol.